The third kappa shape index (κ3) is 3.91. The molecule has 1 atom stereocenters. The highest BCUT2D eigenvalue weighted by molar-refractivity contribution is 5.93. The van der Waals surface area contributed by atoms with E-state index in [0.29, 0.717) is 23.6 Å². The molecule has 1 N–H and O–H groups in total. The third-order valence-electron chi connectivity index (χ3n) is 6.54. The molecule has 3 heterocycles. The molecule has 7 heteroatoms. The monoisotopic (exact) mass is 427 g/mol. The zero-order valence-corrected chi connectivity index (χ0v) is 18.2. The van der Waals surface area contributed by atoms with Crippen molar-refractivity contribution in [2.45, 2.75) is 70.5 Å². The van der Waals surface area contributed by atoms with Crippen LogP contribution in [0.15, 0.2) is 15.3 Å². The average Bonchev–Trinajstić information content (AvgIpc) is 3.41. The first-order valence-corrected chi connectivity index (χ1v) is 11.3. The zero-order chi connectivity index (χ0) is 21.6. The highest BCUT2D eigenvalue weighted by Crippen LogP contribution is 2.44. The van der Waals surface area contributed by atoms with Crippen molar-refractivity contribution >= 4 is 16.9 Å². The van der Waals surface area contributed by atoms with Gasteiger partial charge in [-0.1, -0.05) is 0 Å². The Kier molecular flexibility index (Phi) is 5.16. The Balaban J connectivity index is 1.47. The molecule has 5 rings (SSSR count). The molecule has 1 aromatic carbocycles. The number of carbonyl (C=O) groups is 1. The summed E-state index contributed by atoms with van der Waals surface area (Å²) in [4.78, 5) is 25.0. The number of fused-ring (bicyclic) bond motifs is 5. The molecular formula is C24H29NO6. The van der Waals surface area contributed by atoms with E-state index in [2.05, 4.69) is 5.32 Å². The number of benzene rings is 1. The minimum absolute atomic E-state index is 0.0849. The largest absolute Gasteiger partial charge is 0.487 e. The SMILES string of the molecule is CC1(C)CCc2c(cc(OCC(=O)NC[C@H]3CCCO3)c3c4c(c(=O)oc23)CCC4)O1. The number of hydrogen-bond donors (Lipinski definition) is 1. The summed E-state index contributed by atoms with van der Waals surface area (Å²) < 4.78 is 23.5. The molecular weight excluding hydrogens is 398 g/mol. The third-order valence-corrected chi connectivity index (χ3v) is 6.54. The van der Waals surface area contributed by atoms with Crippen molar-refractivity contribution in [1.29, 1.82) is 0 Å². The van der Waals surface area contributed by atoms with Gasteiger partial charge in [-0.15, -0.1) is 0 Å². The molecule has 0 unspecified atom stereocenters. The topological polar surface area (TPSA) is 87.0 Å². The molecule has 166 valence electrons. The average molecular weight is 427 g/mol. The number of nitrogens with one attached hydrogen (secondary N) is 1. The number of amides is 1. The lowest BCUT2D eigenvalue weighted by Crippen LogP contribution is -2.35. The first-order chi connectivity index (χ1) is 14.9. The van der Waals surface area contributed by atoms with Crippen LogP contribution in [0.2, 0.25) is 0 Å². The first kappa shape index (κ1) is 20.4. The molecule has 2 aromatic rings. The fourth-order valence-electron chi connectivity index (χ4n) is 4.89. The van der Waals surface area contributed by atoms with E-state index >= 15 is 0 Å². The Morgan fingerprint density at radius 1 is 1.19 bits per heavy atom. The van der Waals surface area contributed by atoms with Crippen LogP contribution in [0.25, 0.3) is 11.0 Å². The van der Waals surface area contributed by atoms with Crippen molar-refractivity contribution in [3.8, 4) is 11.5 Å². The van der Waals surface area contributed by atoms with Gasteiger partial charge in [0.2, 0.25) is 0 Å². The molecule has 0 spiro atoms. The van der Waals surface area contributed by atoms with Crippen LogP contribution in [0.3, 0.4) is 0 Å². The molecule has 1 saturated heterocycles. The maximum Gasteiger partial charge on any atom is 0.339 e. The van der Waals surface area contributed by atoms with Gasteiger partial charge in [-0.25, -0.2) is 4.79 Å². The van der Waals surface area contributed by atoms with Gasteiger partial charge in [0.15, 0.2) is 6.61 Å². The normalized spacial score (nSPS) is 21.4. The number of aryl methyl sites for hydroxylation is 2. The molecule has 3 aliphatic rings. The van der Waals surface area contributed by atoms with Crippen LogP contribution in [-0.4, -0.2) is 37.4 Å². The Hall–Kier alpha value is -2.54. The first-order valence-electron chi connectivity index (χ1n) is 11.3. The summed E-state index contributed by atoms with van der Waals surface area (Å²) in [6.45, 7) is 5.22. The summed E-state index contributed by atoms with van der Waals surface area (Å²) in [5, 5.41) is 3.71. The maximum atomic E-state index is 12.6. The van der Waals surface area contributed by atoms with E-state index in [-0.39, 0.29) is 29.8 Å². The fourth-order valence-corrected chi connectivity index (χ4v) is 4.89. The number of rotatable bonds is 5. The van der Waals surface area contributed by atoms with Gasteiger partial charge in [0, 0.05) is 30.3 Å². The molecule has 0 bridgehead atoms. The predicted octanol–water partition coefficient (Wildman–Crippen LogP) is 3.06. The quantitative estimate of drug-likeness (QED) is 0.738. The van der Waals surface area contributed by atoms with E-state index in [1.807, 2.05) is 19.9 Å². The summed E-state index contributed by atoms with van der Waals surface area (Å²) in [7, 11) is 0. The number of hydrogen-bond acceptors (Lipinski definition) is 6. The molecule has 1 aromatic heterocycles. The fraction of sp³-hybridized carbons (Fsp3) is 0.583. The van der Waals surface area contributed by atoms with E-state index in [1.54, 1.807) is 0 Å². The molecule has 0 radical (unpaired) electrons. The van der Waals surface area contributed by atoms with Crippen molar-refractivity contribution in [2.24, 2.45) is 0 Å². The Morgan fingerprint density at radius 2 is 2.03 bits per heavy atom. The van der Waals surface area contributed by atoms with E-state index < -0.39 is 0 Å². The van der Waals surface area contributed by atoms with Gasteiger partial charge in [0.1, 0.15) is 22.7 Å². The Bertz CT molecular complexity index is 1080. The van der Waals surface area contributed by atoms with Gasteiger partial charge >= 0.3 is 5.63 Å². The lowest BCUT2D eigenvalue weighted by molar-refractivity contribution is -0.123. The van der Waals surface area contributed by atoms with Crippen LogP contribution in [-0.2, 0) is 28.8 Å². The van der Waals surface area contributed by atoms with Gasteiger partial charge in [0.25, 0.3) is 5.91 Å². The van der Waals surface area contributed by atoms with Crippen molar-refractivity contribution < 1.29 is 23.4 Å². The van der Waals surface area contributed by atoms with Crippen molar-refractivity contribution in [3.63, 3.8) is 0 Å². The minimum atomic E-state index is -0.312. The molecule has 1 fully saturated rings. The van der Waals surface area contributed by atoms with Crippen LogP contribution in [0.1, 0.15) is 56.2 Å². The second kappa shape index (κ2) is 7.86. The Morgan fingerprint density at radius 3 is 2.84 bits per heavy atom. The maximum absolute atomic E-state index is 12.6. The summed E-state index contributed by atoms with van der Waals surface area (Å²) in [5.41, 5.74) is 2.61. The van der Waals surface area contributed by atoms with E-state index in [0.717, 1.165) is 73.6 Å². The van der Waals surface area contributed by atoms with Gasteiger partial charge in [-0.2, -0.15) is 0 Å². The lowest BCUT2D eigenvalue weighted by atomic mass is 9.91. The molecule has 7 nitrogen and oxygen atoms in total. The van der Waals surface area contributed by atoms with E-state index in [9.17, 15) is 9.59 Å². The highest BCUT2D eigenvalue weighted by atomic mass is 16.5. The van der Waals surface area contributed by atoms with Crippen molar-refractivity contribution in [2.75, 3.05) is 19.8 Å². The smallest absolute Gasteiger partial charge is 0.339 e. The summed E-state index contributed by atoms with van der Waals surface area (Å²) in [6.07, 6.45) is 6.13. The standard InChI is InChI=1S/C24H29NO6/c1-24(2)9-8-17-18(31-24)11-19(29-13-20(26)25-12-14-5-4-10-28-14)21-15-6-3-7-16(15)23(27)30-22(17)21/h11,14H,3-10,12-13H2,1-2H3,(H,25,26)/t14-/m1/s1. The molecule has 0 saturated carbocycles. The Labute approximate surface area is 181 Å². The molecule has 2 aliphatic heterocycles. The van der Waals surface area contributed by atoms with Crippen molar-refractivity contribution in [3.05, 3.63) is 33.2 Å². The van der Waals surface area contributed by atoms with Crippen LogP contribution in [0.5, 0.6) is 11.5 Å². The number of ether oxygens (including phenoxy) is 3. The lowest BCUT2D eigenvalue weighted by Gasteiger charge is -2.33. The summed E-state index contributed by atoms with van der Waals surface area (Å²) in [5.74, 6) is 1.01. The van der Waals surface area contributed by atoms with Crippen molar-refractivity contribution in [1.82, 2.24) is 5.32 Å². The van der Waals surface area contributed by atoms with E-state index in [1.165, 1.54) is 0 Å². The summed E-state index contributed by atoms with van der Waals surface area (Å²) >= 11 is 0. The zero-order valence-electron chi connectivity index (χ0n) is 18.2. The van der Waals surface area contributed by atoms with Crippen LogP contribution >= 0.6 is 0 Å². The van der Waals surface area contributed by atoms with Crippen LogP contribution in [0.4, 0.5) is 0 Å². The van der Waals surface area contributed by atoms with Gasteiger partial charge < -0.3 is 23.9 Å². The van der Waals surface area contributed by atoms with Gasteiger partial charge in [0.05, 0.1) is 11.5 Å². The highest BCUT2D eigenvalue weighted by Gasteiger charge is 2.32. The molecule has 1 aliphatic carbocycles. The van der Waals surface area contributed by atoms with Gasteiger partial charge in [-0.3, -0.25) is 4.79 Å². The minimum Gasteiger partial charge on any atom is -0.487 e. The van der Waals surface area contributed by atoms with Gasteiger partial charge in [-0.05, 0) is 64.4 Å². The van der Waals surface area contributed by atoms with E-state index in [4.69, 9.17) is 18.6 Å². The van der Waals surface area contributed by atoms with Crippen LogP contribution < -0.4 is 20.4 Å². The molecule has 1 amide bonds. The predicted molar refractivity (Wildman–Crippen MR) is 115 cm³/mol. The summed E-state index contributed by atoms with van der Waals surface area (Å²) in [6, 6.07) is 1.87. The van der Waals surface area contributed by atoms with Crippen LogP contribution in [0, 0.1) is 0 Å². The second-order valence-electron chi connectivity index (χ2n) is 9.35. The number of carbonyl (C=O) groups excluding carboxylic acids is 1. The second-order valence-corrected chi connectivity index (χ2v) is 9.35. The molecule has 31 heavy (non-hydrogen) atoms.